The molecular weight excluding hydrogens is 306 g/mol. The third-order valence-corrected chi connectivity index (χ3v) is 3.19. The molecule has 0 aliphatic heterocycles. The molecule has 22 heavy (non-hydrogen) atoms. The summed E-state index contributed by atoms with van der Waals surface area (Å²) in [4.78, 5) is 0. The van der Waals surface area contributed by atoms with E-state index in [0.29, 0.717) is 10.8 Å². The van der Waals surface area contributed by atoms with Crippen LogP contribution in [0.25, 0.3) is 0 Å². The summed E-state index contributed by atoms with van der Waals surface area (Å²) in [6, 6.07) is 14.0. The third-order valence-electron chi connectivity index (χ3n) is 2.98. The van der Waals surface area contributed by atoms with Gasteiger partial charge in [-0.1, -0.05) is 25.1 Å². The molecule has 2 aromatic rings. The monoisotopic (exact) mass is 322 g/mol. The Balaban J connectivity index is 1.97. The quantitative estimate of drug-likeness (QED) is 0.785. The van der Waals surface area contributed by atoms with Gasteiger partial charge in [0.05, 0.1) is 0 Å². The van der Waals surface area contributed by atoms with E-state index in [2.05, 4.69) is 22.3 Å². The zero-order valence-corrected chi connectivity index (χ0v) is 12.8. The van der Waals surface area contributed by atoms with E-state index in [4.69, 9.17) is 12.2 Å². The number of rotatable bonds is 5. The molecule has 0 aliphatic rings. The number of alkyl halides is 2. The van der Waals surface area contributed by atoms with Crippen molar-refractivity contribution in [3.63, 3.8) is 0 Å². The molecule has 6 heteroatoms. The summed E-state index contributed by atoms with van der Waals surface area (Å²) >= 11 is 5.25. The lowest BCUT2D eigenvalue weighted by atomic mass is 10.1. The van der Waals surface area contributed by atoms with Crippen LogP contribution in [-0.4, -0.2) is 11.7 Å². The van der Waals surface area contributed by atoms with E-state index in [-0.39, 0.29) is 5.75 Å². The number of halogens is 2. The summed E-state index contributed by atoms with van der Waals surface area (Å²) in [5, 5.41) is 6.56. The maximum Gasteiger partial charge on any atom is 0.387 e. The van der Waals surface area contributed by atoms with Gasteiger partial charge in [0, 0.05) is 11.4 Å². The Kier molecular flexibility index (Phi) is 5.66. The fourth-order valence-electron chi connectivity index (χ4n) is 1.95. The molecule has 0 aromatic heterocycles. The number of thiocarbonyl (C=S) groups is 1. The van der Waals surface area contributed by atoms with Crippen LogP contribution >= 0.6 is 12.2 Å². The Morgan fingerprint density at radius 1 is 1.09 bits per heavy atom. The molecule has 0 fully saturated rings. The molecule has 0 atom stereocenters. The van der Waals surface area contributed by atoms with Gasteiger partial charge in [-0.2, -0.15) is 8.78 Å². The highest BCUT2D eigenvalue weighted by molar-refractivity contribution is 7.80. The highest BCUT2D eigenvalue weighted by Gasteiger charge is 2.05. The van der Waals surface area contributed by atoms with Gasteiger partial charge in [0.2, 0.25) is 0 Å². The second kappa shape index (κ2) is 7.70. The molecule has 0 saturated heterocycles. The second-order valence-corrected chi connectivity index (χ2v) is 4.90. The first-order valence-electron chi connectivity index (χ1n) is 6.79. The Hall–Kier alpha value is -2.21. The Morgan fingerprint density at radius 3 is 2.41 bits per heavy atom. The van der Waals surface area contributed by atoms with E-state index >= 15 is 0 Å². The van der Waals surface area contributed by atoms with Gasteiger partial charge in [0.15, 0.2) is 5.11 Å². The van der Waals surface area contributed by atoms with Gasteiger partial charge >= 0.3 is 6.61 Å². The minimum atomic E-state index is -2.83. The summed E-state index contributed by atoms with van der Waals surface area (Å²) in [6.45, 7) is -0.759. The smallest absolute Gasteiger partial charge is 0.387 e. The lowest BCUT2D eigenvalue weighted by molar-refractivity contribution is -0.0498. The minimum Gasteiger partial charge on any atom is -0.435 e. The summed E-state index contributed by atoms with van der Waals surface area (Å²) in [6.07, 6.45) is 0.894. The summed E-state index contributed by atoms with van der Waals surface area (Å²) < 4.78 is 28.4. The Bertz CT molecular complexity index is 632. The van der Waals surface area contributed by atoms with Crippen molar-refractivity contribution in [3.05, 3.63) is 54.1 Å². The maximum absolute atomic E-state index is 12.1. The summed E-state index contributed by atoms with van der Waals surface area (Å²) in [7, 11) is 0. The van der Waals surface area contributed by atoms with Crippen molar-refractivity contribution < 1.29 is 13.5 Å². The molecule has 0 unspecified atom stereocenters. The number of aryl methyl sites for hydroxylation is 1. The number of hydrogen-bond acceptors (Lipinski definition) is 2. The largest absolute Gasteiger partial charge is 0.435 e. The number of benzene rings is 2. The van der Waals surface area contributed by atoms with Gasteiger partial charge in [0.1, 0.15) is 5.75 Å². The first kappa shape index (κ1) is 16.2. The Morgan fingerprint density at radius 2 is 1.77 bits per heavy atom. The number of hydrogen-bond donors (Lipinski definition) is 2. The molecule has 116 valence electrons. The summed E-state index contributed by atoms with van der Waals surface area (Å²) in [5.41, 5.74) is 2.79. The van der Waals surface area contributed by atoms with Gasteiger partial charge in [-0.25, -0.2) is 0 Å². The minimum absolute atomic E-state index is 0.107. The first-order chi connectivity index (χ1) is 10.6. The zero-order chi connectivity index (χ0) is 15.9. The molecular formula is C16H16F2N2OS. The fraction of sp³-hybridized carbons (Fsp3) is 0.188. The molecule has 0 radical (unpaired) electrons. The molecule has 2 aromatic carbocycles. The third kappa shape index (κ3) is 4.66. The summed E-state index contributed by atoms with van der Waals surface area (Å²) in [5.74, 6) is 0.107. The second-order valence-electron chi connectivity index (χ2n) is 4.49. The van der Waals surface area contributed by atoms with E-state index in [0.717, 1.165) is 17.7 Å². The van der Waals surface area contributed by atoms with Crippen LogP contribution < -0.4 is 15.4 Å². The van der Waals surface area contributed by atoms with Crippen molar-refractivity contribution in [2.75, 3.05) is 10.6 Å². The predicted octanol–water partition coefficient (Wildman–Crippen LogP) is 4.66. The number of anilines is 2. The van der Waals surface area contributed by atoms with Crippen LogP contribution in [0.15, 0.2) is 48.5 Å². The zero-order valence-electron chi connectivity index (χ0n) is 12.0. The lowest BCUT2D eigenvalue weighted by Crippen LogP contribution is -2.19. The molecule has 0 aliphatic carbocycles. The van der Waals surface area contributed by atoms with Crippen molar-refractivity contribution in [1.29, 1.82) is 0 Å². The van der Waals surface area contributed by atoms with Crippen LogP contribution in [0.1, 0.15) is 12.5 Å². The molecule has 2 N–H and O–H groups in total. The highest BCUT2D eigenvalue weighted by atomic mass is 32.1. The average molecular weight is 322 g/mol. The fourth-order valence-corrected chi connectivity index (χ4v) is 2.18. The van der Waals surface area contributed by atoms with E-state index in [1.54, 1.807) is 12.1 Å². The van der Waals surface area contributed by atoms with E-state index in [1.165, 1.54) is 12.1 Å². The van der Waals surface area contributed by atoms with Gasteiger partial charge in [-0.3, -0.25) is 0 Å². The molecule has 0 spiro atoms. The Labute approximate surface area is 133 Å². The molecule has 3 nitrogen and oxygen atoms in total. The molecule has 0 heterocycles. The van der Waals surface area contributed by atoms with Crippen molar-refractivity contribution in [2.24, 2.45) is 0 Å². The first-order valence-corrected chi connectivity index (χ1v) is 7.20. The maximum atomic E-state index is 12.1. The standard InChI is InChI=1S/C16H16F2N2OS/c1-2-11-5-3-4-6-14(11)20-16(22)19-12-7-9-13(10-8-12)21-15(17)18/h3-10,15H,2H2,1H3,(H2,19,20,22). The topological polar surface area (TPSA) is 33.3 Å². The number of para-hydroxylation sites is 1. The van der Waals surface area contributed by atoms with Crippen molar-refractivity contribution in [3.8, 4) is 5.75 Å². The molecule has 2 rings (SSSR count). The van der Waals surface area contributed by atoms with Crippen LogP contribution in [0.2, 0.25) is 0 Å². The molecule has 0 bridgehead atoms. The molecule has 0 saturated carbocycles. The van der Waals surface area contributed by atoms with Crippen molar-refractivity contribution in [2.45, 2.75) is 20.0 Å². The highest BCUT2D eigenvalue weighted by Crippen LogP contribution is 2.19. The van der Waals surface area contributed by atoms with Gasteiger partial charge in [0.25, 0.3) is 0 Å². The van der Waals surface area contributed by atoms with Crippen LogP contribution in [-0.2, 0) is 6.42 Å². The van der Waals surface area contributed by atoms with Crippen molar-refractivity contribution >= 4 is 28.7 Å². The van der Waals surface area contributed by atoms with E-state index in [1.807, 2.05) is 24.3 Å². The van der Waals surface area contributed by atoms with Crippen LogP contribution in [0, 0.1) is 0 Å². The number of nitrogens with one attached hydrogen (secondary N) is 2. The van der Waals surface area contributed by atoms with Gasteiger partial charge < -0.3 is 15.4 Å². The van der Waals surface area contributed by atoms with Crippen LogP contribution in [0.4, 0.5) is 20.2 Å². The van der Waals surface area contributed by atoms with Crippen LogP contribution in [0.5, 0.6) is 5.75 Å². The van der Waals surface area contributed by atoms with E-state index in [9.17, 15) is 8.78 Å². The predicted molar refractivity (Wildman–Crippen MR) is 88.7 cm³/mol. The lowest BCUT2D eigenvalue weighted by Gasteiger charge is -2.13. The average Bonchev–Trinajstić information content (AvgIpc) is 2.49. The van der Waals surface area contributed by atoms with Gasteiger partial charge in [-0.05, 0) is 54.5 Å². The SMILES string of the molecule is CCc1ccccc1NC(=S)Nc1ccc(OC(F)F)cc1. The van der Waals surface area contributed by atoms with Gasteiger partial charge in [-0.15, -0.1) is 0 Å². The normalized spacial score (nSPS) is 10.4. The van der Waals surface area contributed by atoms with E-state index < -0.39 is 6.61 Å². The van der Waals surface area contributed by atoms with Crippen LogP contribution in [0.3, 0.4) is 0 Å². The number of ether oxygens (including phenoxy) is 1. The molecule has 0 amide bonds. The van der Waals surface area contributed by atoms with Crippen molar-refractivity contribution in [1.82, 2.24) is 0 Å².